The van der Waals surface area contributed by atoms with Crippen LogP contribution in [0.3, 0.4) is 0 Å². The highest BCUT2D eigenvalue weighted by molar-refractivity contribution is 5.83. The van der Waals surface area contributed by atoms with Crippen molar-refractivity contribution in [3.05, 3.63) is 52.8 Å². The molecule has 2 heterocycles. The first-order valence-corrected chi connectivity index (χ1v) is 7.98. The number of aryl methyl sites for hydroxylation is 2. The molecule has 4 heteroatoms. The molecular weight excluding hydrogens is 272 g/mol. The first-order valence-electron chi connectivity index (χ1n) is 7.98. The average Bonchev–Trinajstić information content (AvgIpc) is 3.02. The molecule has 0 bridgehead atoms. The fourth-order valence-electron chi connectivity index (χ4n) is 3.26. The van der Waals surface area contributed by atoms with Gasteiger partial charge in [0.15, 0.2) is 0 Å². The third kappa shape index (κ3) is 2.65. The zero-order chi connectivity index (χ0) is 15.7. The van der Waals surface area contributed by atoms with E-state index in [9.17, 15) is 0 Å². The van der Waals surface area contributed by atoms with Gasteiger partial charge in [-0.25, -0.2) is 0 Å². The highest BCUT2D eigenvalue weighted by Gasteiger charge is 2.27. The molecule has 1 aliphatic rings. The molecule has 1 aromatic heterocycles. The lowest BCUT2D eigenvalue weighted by Gasteiger charge is -2.24. The third-order valence-corrected chi connectivity index (χ3v) is 4.48. The Bertz CT molecular complexity index is 685. The molecule has 1 aliphatic heterocycles. The van der Waals surface area contributed by atoms with Gasteiger partial charge < -0.3 is 0 Å². The van der Waals surface area contributed by atoms with Crippen LogP contribution in [0.4, 0.5) is 0 Å². The maximum absolute atomic E-state index is 4.77. The number of benzene rings is 1. The van der Waals surface area contributed by atoms with Gasteiger partial charge in [-0.15, -0.1) is 0 Å². The number of rotatable bonds is 4. The monoisotopic (exact) mass is 296 g/mol. The van der Waals surface area contributed by atoms with Crippen molar-refractivity contribution in [2.24, 2.45) is 5.10 Å². The summed E-state index contributed by atoms with van der Waals surface area (Å²) in [5.41, 5.74) is 6.21. The molecule has 22 heavy (non-hydrogen) atoms. The second kappa shape index (κ2) is 5.95. The molecule has 0 fully saturated rings. The van der Waals surface area contributed by atoms with Crippen molar-refractivity contribution in [2.75, 3.05) is 0 Å². The number of aromatic nitrogens is 2. The van der Waals surface area contributed by atoms with Gasteiger partial charge in [0.05, 0.1) is 18.3 Å². The second-order valence-corrected chi connectivity index (χ2v) is 6.03. The molecule has 0 aliphatic carbocycles. The molecule has 0 saturated heterocycles. The Balaban J connectivity index is 1.88. The molecule has 0 saturated carbocycles. The van der Waals surface area contributed by atoms with E-state index in [1.165, 1.54) is 22.5 Å². The van der Waals surface area contributed by atoms with E-state index in [1.54, 1.807) is 0 Å². The Morgan fingerprint density at radius 1 is 1.14 bits per heavy atom. The Kier molecular flexibility index (Phi) is 4.01. The van der Waals surface area contributed by atoms with E-state index >= 15 is 0 Å². The molecule has 4 nitrogen and oxygen atoms in total. The quantitative estimate of drug-likeness (QED) is 0.859. The van der Waals surface area contributed by atoms with E-state index < -0.39 is 0 Å². The van der Waals surface area contributed by atoms with E-state index in [0.717, 1.165) is 25.2 Å². The van der Waals surface area contributed by atoms with E-state index in [0.29, 0.717) is 6.04 Å². The van der Waals surface area contributed by atoms with Gasteiger partial charge in [-0.1, -0.05) is 30.3 Å². The lowest BCUT2D eigenvalue weighted by atomic mass is 10.0. The Morgan fingerprint density at radius 3 is 2.50 bits per heavy atom. The molecule has 1 aromatic carbocycles. The van der Waals surface area contributed by atoms with Crippen molar-refractivity contribution in [1.82, 2.24) is 14.8 Å². The molecule has 3 rings (SSSR count). The van der Waals surface area contributed by atoms with Gasteiger partial charge in [0, 0.05) is 29.9 Å². The van der Waals surface area contributed by atoms with Gasteiger partial charge in [-0.2, -0.15) is 10.2 Å². The van der Waals surface area contributed by atoms with Crippen LogP contribution in [0.5, 0.6) is 0 Å². The fraction of sp³-hybridized carbons (Fsp3) is 0.444. The number of hydrogen-bond donors (Lipinski definition) is 0. The maximum atomic E-state index is 4.77. The van der Waals surface area contributed by atoms with Crippen molar-refractivity contribution in [3.63, 3.8) is 0 Å². The molecule has 116 valence electrons. The van der Waals surface area contributed by atoms with E-state index in [2.05, 4.69) is 72.8 Å². The normalized spacial score (nSPS) is 17.9. The van der Waals surface area contributed by atoms with Gasteiger partial charge in [0.2, 0.25) is 0 Å². The third-order valence-electron chi connectivity index (χ3n) is 4.48. The predicted molar refractivity (Wildman–Crippen MR) is 89.8 cm³/mol. The van der Waals surface area contributed by atoms with Crippen molar-refractivity contribution in [2.45, 2.75) is 53.2 Å². The summed E-state index contributed by atoms with van der Waals surface area (Å²) in [6.45, 7) is 10.2. The van der Waals surface area contributed by atoms with Gasteiger partial charge in [0.25, 0.3) is 0 Å². The van der Waals surface area contributed by atoms with Crippen LogP contribution in [-0.4, -0.2) is 20.5 Å². The van der Waals surface area contributed by atoms with Crippen LogP contribution in [0.1, 0.15) is 48.8 Å². The summed E-state index contributed by atoms with van der Waals surface area (Å²) in [5, 5.41) is 11.6. The van der Waals surface area contributed by atoms with Crippen molar-refractivity contribution >= 4 is 5.71 Å². The average molecular weight is 296 g/mol. The van der Waals surface area contributed by atoms with Gasteiger partial charge in [-0.05, 0) is 33.3 Å². The van der Waals surface area contributed by atoms with Crippen molar-refractivity contribution in [3.8, 4) is 0 Å². The van der Waals surface area contributed by atoms with Crippen molar-refractivity contribution < 1.29 is 0 Å². The van der Waals surface area contributed by atoms with Crippen LogP contribution < -0.4 is 0 Å². The van der Waals surface area contributed by atoms with Gasteiger partial charge >= 0.3 is 0 Å². The van der Waals surface area contributed by atoms with Gasteiger partial charge in [0.1, 0.15) is 0 Å². The first-order chi connectivity index (χ1) is 10.6. The maximum Gasteiger partial charge on any atom is 0.0776 e. The molecule has 0 unspecified atom stereocenters. The van der Waals surface area contributed by atoms with Crippen LogP contribution in [0.25, 0.3) is 0 Å². The summed E-state index contributed by atoms with van der Waals surface area (Å²) in [5.74, 6) is 0. The highest BCUT2D eigenvalue weighted by atomic mass is 15.5. The summed E-state index contributed by atoms with van der Waals surface area (Å²) in [6.07, 6.45) is 1.00. The first kappa shape index (κ1) is 14.8. The molecule has 0 N–H and O–H groups in total. The second-order valence-electron chi connectivity index (χ2n) is 6.03. The number of hydrazone groups is 1. The van der Waals surface area contributed by atoms with Crippen LogP contribution in [0, 0.1) is 13.8 Å². The molecule has 0 amide bonds. The largest absolute Gasteiger partial charge is 0.285 e. The van der Waals surface area contributed by atoms with E-state index in [1.807, 2.05) is 0 Å². The highest BCUT2D eigenvalue weighted by Crippen LogP contribution is 2.32. The SMILES string of the molecule is CCn1nc(C)c(CN2N=C(C)C[C@@H]2c2ccccc2)c1C. The Morgan fingerprint density at radius 2 is 1.86 bits per heavy atom. The standard InChI is InChI=1S/C18H24N4/c1-5-21-15(4)17(14(3)20-21)12-22-18(11-13(2)19-22)16-9-7-6-8-10-16/h6-10,18H,5,11-12H2,1-4H3/t18-/m1/s1. The van der Waals surface area contributed by atoms with Crippen LogP contribution in [0.2, 0.25) is 0 Å². The minimum absolute atomic E-state index is 0.338. The lowest BCUT2D eigenvalue weighted by Crippen LogP contribution is -2.20. The minimum Gasteiger partial charge on any atom is -0.285 e. The van der Waals surface area contributed by atoms with Crippen LogP contribution >= 0.6 is 0 Å². The topological polar surface area (TPSA) is 33.4 Å². The van der Waals surface area contributed by atoms with Crippen LogP contribution in [0.15, 0.2) is 35.4 Å². The summed E-state index contributed by atoms with van der Waals surface area (Å²) in [4.78, 5) is 0. The number of nitrogens with zero attached hydrogens (tertiary/aromatic N) is 4. The summed E-state index contributed by atoms with van der Waals surface area (Å²) in [7, 11) is 0. The smallest absolute Gasteiger partial charge is 0.0776 e. The molecule has 0 spiro atoms. The number of hydrogen-bond acceptors (Lipinski definition) is 3. The Hall–Kier alpha value is -2.10. The predicted octanol–water partition coefficient (Wildman–Crippen LogP) is 3.84. The van der Waals surface area contributed by atoms with Gasteiger partial charge in [-0.3, -0.25) is 9.69 Å². The lowest BCUT2D eigenvalue weighted by molar-refractivity contribution is 0.223. The summed E-state index contributed by atoms with van der Waals surface area (Å²) in [6, 6.07) is 11.0. The Labute approximate surface area is 132 Å². The molecule has 2 aromatic rings. The molecular formula is C18H24N4. The fourth-order valence-corrected chi connectivity index (χ4v) is 3.26. The van der Waals surface area contributed by atoms with E-state index in [-0.39, 0.29) is 0 Å². The zero-order valence-electron chi connectivity index (χ0n) is 13.9. The van der Waals surface area contributed by atoms with Crippen molar-refractivity contribution in [1.29, 1.82) is 0 Å². The zero-order valence-corrected chi connectivity index (χ0v) is 13.9. The van der Waals surface area contributed by atoms with Crippen LogP contribution in [-0.2, 0) is 13.1 Å². The molecule has 0 radical (unpaired) electrons. The minimum atomic E-state index is 0.338. The molecule has 1 atom stereocenters. The summed E-state index contributed by atoms with van der Waals surface area (Å²) >= 11 is 0. The van der Waals surface area contributed by atoms with E-state index in [4.69, 9.17) is 5.10 Å². The summed E-state index contributed by atoms with van der Waals surface area (Å²) < 4.78 is 2.08.